The van der Waals surface area contributed by atoms with E-state index < -0.39 is 5.72 Å². The van der Waals surface area contributed by atoms with Gasteiger partial charge in [0.05, 0.1) is 12.9 Å². The van der Waals surface area contributed by atoms with Crippen LogP contribution in [0, 0.1) is 0 Å². The van der Waals surface area contributed by atoms with Crippen molar-refractivity contribution in [3.05, 3.63) is 0 Å². The van der Waals surface area contributed by atoms with Crippen molar-refractivity contribution in [2.75, 3.05) is 13.1 Å². The Morgan fingerprint density at radius 1 is 1.00 bits per heavy atom. The molecule has 0 spiro atoms. The maximum atomic E-state index is 10.4. The quantitative estimate of drug-likeness (QED) is 0.540. The number of hydrogen-bond acceptors (Lipinski definition) is 3. The van der Waals surface area contributed by atoms with E-state index in [1.54, 1.807) is 6.34 Å². The number of aliphatic imine (C=N–C) groups is 1. The lowest BCUT2D eigenvalue weighted by molar-refractivity contribution is -0.0538. The normalized spacial score (nSPS) is 17.6. The number of hydrogen-bond donors (Lipinski definition) is 1. The largest absolute Gasteiger partial charge is 0.371 e. The zero-order valence-electron chi connectivity index (χ0n) is 13.6. The summed E-state index contributed by atoms with van der Waals surface area (Å²) in [6, 6.07) is 0. The summed E-state index contributed by atoms with van der Waals surface area (Å²) >= 11 is 0. The maximum Gasteiger partial charge on any atom is 0.135 e. The van der Waals surface area contributed by atoms with E-state index in [1.807, 2.05) is 11.8 Å². The number of unbranched alkanes of at least 4 members (excludes halogenated alkanes) is 9. The highest BCUT2D eigenvalue weighted by Crippen LogP contribution is 2.20. The maximum absolute atomic E-state index is 10.4. The minimum Gasteiger partial charge on any atom is -0.371 e. The van der Waals surface area contributed by atoms with Crippen LogP contribution >= 0.6 is 0 Å². The lowest BCUT2D eigenvalue weighted by Gasteiger charge is -2.33. The van der Waals surface area contributed by atoms with E-state index in [0.29, 0.717) is 0 Å². The molecule has 0 bridgehead atoms. The molecule has 1 aliphatic rings. The molecular formula is C17H34N2O. The van der Waals surface area contributed by atoms with Gasteiger partial charge in [-0.3, -0.25) is 4.99 Å². The number of aliphatic hydroxyl groups is 1. The molecule has 20 heavy (non-hydrogen) atoms. The monoisotopic (exact) mass is 282 g/mol. The topological polar surface area (TPSA) is 35.8 Å². The Balaban J connectivity index is 1.90. The third kappa shape index (κ3) is 7.28. The van der Waals surface area contributed by atoms with Crippen LogP contribution in [-0.2, 0) is 0 Å². The highest BCUT2D eigenvalue weighted by molar-refractivity contribution is 5.58. The van der Waals surface area contributed by atoms with Gasteiger partial charge in [-0.15, -0.1) is 0 Å². The van der Waals surface area contributed by atoms with Gasteiger partial charge in [-0.05, 0) is 19.8 Å². The van der Waals surface area contributed by atoms with Crippen LogP contribution in [-0.4, -0.2) is 35.2 Å². The molecule has 1 unspecified atom stereocenters. The van der Waals surface area contributed by atoms with Gasteiger partial charge in [0.15, 0.2) is 0 Å². The van der Waals surface area contributed by atoms with Crippen LogP contribution < -0.4 is 0 Å². The Morgan fingerprint density at radius 3 is 2.05 bits per heavy atom. The molecule has 0 aromatic carbocycles. The second-order valence-corrected chi connectivity index (χ2v) is 6.36. The standard InChI is InChI=1S/C17H34N2O/c1-3-4-5-6-7-8-9-10-11-12-13-17(2,20)19-15-14-18-16-19/h16,20H,3-15H2,1-2H3. The minimum absolute atomic E-state index is 0.694. The molecule has 3 nitrogen and oxygen atoms in total. The van der Waals surface area contributed by atoms with Crippen LogP contribution in [0.3, 0.4) is 0 Å². The van der Waals surface area contributed by atoms with Gasteiger partial charge >= 0.3 is 0 Å². The van der Waals surface area contributed by atoms with Crippen LogP contribution in [0.1, 0.15) is 84.5 Å². The fourth-order valence-electron chi connectivity index (χ4n) is 2.84. The number of nitrogens with zero attached hydrogens (tertiary/aromatic N) is 2. The van der Waals surface area contributed by atoms with Gasteiger partial charge in [0, 0.05) is 6.54 Å². The van der Waals surface area contributed by atoms with E-state index in [0.717, 1.165) is 25.9 Å². The molecule has 1 aliphatic heterocycles. The van der Waals surface area contributed by atoms with Crippen LogP contribution in [0.2, 0.25) is 0 Å². The molecule has 0 aromatic heterocycles. The van der Waals surface area contributed by atoms with Crippen LogP contribution in [0.15, 0.2) is 4.99 Å². The molecule has 1 heterocycles. The summed E-state index contributed by atoms with van der Waals surface area (Å²) in [6.07, 6.45) is 16.1. The first-order chi connectivity index (χ1) is 9.67. The lowest BCUT2D eigenvalue weighted by atomic mass is 10.0. The summed E-state index contributed by atoms with van der Waals surface area (Å²) in [5.74, 6) is 0. The molecule has 0 fully saturated rings. The van der Waals surface area contributed by atoms with E-state index in [1.165, 1.54) is 57.8 Å². The Hall–Kier alpha value is -0.570. The highest BCUT2D eigenvalue weighted by Gasteiger charge is 2.27. The summed E-state index contributed by atoms with van der Waals surface area (Å²) in [5, 5.41) is 10.4. The van der Waals surface area contributed by atoms with Crippen LogP contribution in [0.4, 0.5) is 0 Å². The molecule has 1 atom stereocenters. The first-order valence-corrected chi connectivity index (χ1v) is 8.66. The van der Waals surface area contributed by atoms with Gasteiger partial charge in [0.25, 0.3) is 0 Å². The first kappa shape index (κ1) is 17.5. The van der Waals surface area contributed by atoms with Crippen molar-refractivity contribution in [2.45, 2.75) is 90.2 Å². The summed E-state index contributed by atoms with van der Waals surface area (Å²) < 4.78 is 0. The van der Waals surface area contributed by atoms with Crippen LogP contribution in [0.25, 0.3) is 0 Å². The molecule has 1 N–H and O–H groups in total. The third-order valence-corrected chi connectivity index (χ3v) is 4.31. The SMILES string of the molecule is CCCCCCCCCCCCC(C)(O)N1C=NCC1. The van der Waals surface area contributed by atoms with Gasteiger partial charge in [-0.2, -0.15) is 0 Å². The van der Waals surface area contributed by atoms with E-state index in [4.69, 9.17) is 0 Å². The molecule has 0 amide bonds. The third-order valence-electron chi connectivity index (χ3n) is 4.31. The molecule has 0 saturated carbocycles. The van der Waals surface area contributed by atoms with E-state index in [9.17, 15) is 5.11 Å². The summed E-state index contributed by atoms with van der Waals surface area (Å²) in [7, 11) is 0. The zero-order chi connectivity index (χ0) is 14.7. The molecule has 0 aromatic rings. The Morgan fingerprint density at radius 2 is 1.55 bits per heavy atom. The molecule has 3 heteroatoms. The molecular weight excluding hydrogens is 248 g/mol. The van der Waals surface area contributed by atoms with E-state index in [2.05, 4.69) is 11.9 Å². The fraction of sp³-hybridized carbons (Fsp3) is 0.941. The summed E-state index contributed by atoms with van der Waals surface area (Å²) in [4.78, 5) is 6.14. The van der Waals surface area contributed by atoms with Gasteiger partial charge in [-0.25, -0.2) is 0 Å². The average molecular weight is 282 g/mol. The Bertz CT molecular complexity index is 264. The van der Waals surface area contributed by atoms with Crippen molar-refractivity contribution in [1.82, 2.24) is 4.90 Å². The molecule has 0 radical (unpaired) electrons. The molecule has 118 valence electrons. The predicted octanol–water partition coefficient (Wildman–Crippen LogP) is 4.35. The minimum atomic E-state index is -0.694. The summed E-state index contributed by atoms with van der Waals surface area (Å²) in [6.45, 7) is 5.87. The average Bonchev–Trinajstić information content (AvgIpc) is 2.96. The van der Waals surface area contributed by atoms with Crippen LogP contribution in [0.5, 0.6) is 0 Å². The zero-order valence-corrected chi connectivity index (χ0v) is 13.6. The second-order valence-electron chi connectivity index (χ2n) is 6.36. The van der Waals surface area contributed by atoms with Crippen molar-refractivity contribution in [2.24, 2.45) is 4.99 Å². The van der Waals surface area contributed by atoms with Crippen molar-refractivity contribution in [3.63, 3.8) is 0 Å². The van der Waals surface area contributed by atoms with Crippen molar-refractivity contribution < 1.29 is 5.11 Å². The van der Waals surface area contributed by atoms with Gasteiger partial charge in [-0.1, -0.05) is 64.7 Å². The van der Waals surface area contributed by atoms with Gasteiger partial charge in [0.2, 0.25) is 0 Å². The molecule has 1 rings (SSSR count). The fourth-order valence-corrected chi connectivity index (χ4v) is 2.84. The number of rotatable bonds is 12. The smallest absolute Gasteiger partial charge is 0.135 e. The highest BCUT2D eigenvalue weighted by atomic mass is 16.3. The predicted molar refractivity (Wildman–Crippen MR) is 87.1 cm³/mol. The Kier molecular flexibility index (Phi) is 8.92. The lowest BCUT2D eigenvalue weighted by Crippen LogP contribution is -2.44. The summed E-state index contributed by atoms with van der Waals surface area (Å²) in [5.41, 5.74) is -0.694. The molecule has 0 saturated heterocycles. The van der Waals surface area contributed by atoms with Crippen molar-refractivity contribution in [3.8, 4) is 0 Å². The first-order valence-electron chi connectivity index (χ1n) is 8.66. The molecule has 0 aliphatic carbocycles. The second kappa shape index (κ2) is 10.2. The van der Waals surface area contributed by atoms with E-state index in [-0.39, 0.29) is 0 Å². The van der Waals surface area contributed by atoms with Gasteiger partial charge < -0.3 is 10.0 Å². The Labute approximate surface area is 125 Å². The van der Waals surface area contributed by atoms with Gasteiger partial charge in [0.1, 0.15) is 5.72 Å². The van der Waals surface area contributed by atoms with E-state index >= 15 is 0 Å². The van der Waals surface area contributed by atoms with Crippen molar-refractivity contribution >= 4 is 6.34 Å². The van der Waals surface area contributed by atoms with Crippen molar-refractivity contribution in [1.29, 1.82) is 0 Å².